The van der Waals surface area contributed by atoms with Crippen molar-refractivity contribution in [1.82, 2.24) is 4.72 Å². The van der Waals surface area contributed by atoms with E-state index in [9.17, 15) is 13.2 Å². The minimum absolute atomic E-state index is 0.0440. The van der Waals surface area contributed by atoms with E-state index < -0.39 is 15.9 Å². The number of sulfonamides is 1. The molecule has 6 heteroatoms. The molecule has 3 N–H and O–H groups in total. The molecule has 2 rings (SSSR count). The van der Waals surface area contributed by atoms with Crippen molar-refractivity contribution in [2.75, 3.05) is 5.73 Å². The van der Waals surface area contributed by atoms with Gasteiger partial charge in [-0.1, -0.05) is 6.07 Å². The molecule has 13 heavy (non-hydrogen) atoms. The van der Waals surface area contributed by atoms with Gasteiger partial charge in [-0.25, -0.2) is 13.1 Å². The van der Waals surface area contributed by atoms with Crippen molar-refractivity contribution in [2.24, 2.45) is 0 Å². The van der Waals surface area contributed by atoms with Gasteiger partial charge in [-0.2, -0.15) is 0 Å². The van der Waals surface area contributed by atoms with Crippen LogP contribution in [0.15, 0.2) is 23.1 Å². The van der Waals surface area contributed by atoms with Crippen LogP contribution in [0.4, 0.5) is 5.69 Å². The Balaban J connectivity index is 2.87. The number of nitrogens with two attached hydrogens (primary N) is 1. The van der Waals surface area contributed by atoms with Gasteiger partial charge in [-0.3, -0.25) is 4.79 Å². The van der Waals surface area contributed by atoms with Gasteiger partial charge in [0.2, 0.25) is 0 Å². The standard InChI is InChI=1S/C7H6N2O3S/c8-4-2-1-3-5-6(4)7(10)9-13(5,11)12/h1-3H,8H2,(H,9,10). The lowest BCUT2D eigenvalue weighted by molar-refractivity contribution is 0.0986. The Kier molecular flexibility index (Phi) is 1.38. The molecule has 1 amide bonds. The largest absolute Gasteiger partial charge is 0.398 e. The molecule has 68 valence electrons. The Morgan fingerprint density at radius 2 is 2.00 bits per heavy atom. The predicted octanol–water partition coefficient (Wildman–Crippen LogP) is -0.299. The van der Waals surface area contributed by atoms with Crippen LogP contribution < -0.4 is 10.5 Å². The molecule has 0 aromatic heterocycles. The van der Waals surface area contributed by atoms with Crippen LogP contribution in [-0.2, 0) is 10.0 Å². The summed E-state index contributed by atoms with van der Waals surface area (Å²) in [7, 11) is -3.66. The van der Waals surface area contributed by atoms with Gasteiger partial charge in [0.15, 0.2) is 0 Å². The van der Waals surface area contributed by atoms with Crippen molar-refractivity contribution in [1.29, 1.82) is 0 Å². The minimum atomic E-state index is -3.66. The Bertz CT molecular complexity index is 492. The van der Waals surface area contributed by atoms with E-state index in [2.05, 4.69) is 0 Å². The average molecular weight is 198 g/mol. The molecular weight excluding hydrogens is 192 g/mol. The van der Waals surface area contributed by atoms with Gasteiger partial charge in [0.05, 0.1) is 5.56 Å². The molecule has 1 aromatic rings. The molecular formula is C7H6N2O3S. The molecule has 5 nitrogen and oxygen atoms in total. The van der Waals surface area contributed by atoms with Gasteiger partial charge in [0, 0.05) is 5.69 Å². The van der Waals surface area contributed by atoms with Crippen molar-refractivity contribution < 1.29 is 13.2 Å². The van der Waals surface area contributed by atoms with E-state index in [4.69, 9.17) is 5.73 Å². The van der Waals surface area contributed by atoms with E-state index in [1.54, 1.807) is 0 Å². The van der Waals surface area contributed by atoms with E-state index in [1.807, 2.05) is 4.72 Å². The third-order valence-electron chi connectivity index (χ3n) is 1.80. The summed E-state index contributed by atoms with van der Waals surface area (Å²) >= 11 is 0. The molecule has 0 spiro atoms. The van der Waals surface area contributed by atoms with Crippen molar-refractivity contribution in [2.45, 2.75) is 4.90 Å². The Labute approximate surface area is 74.6 Å². The second-order valence-electron chi connectivity index (χ2n) is 2.65. The van der Waals surface area contributed by atoms with Crippen LogP contribution in [0.3, 0.4) is 0 Å². The maximum absolute atomic E-state index is 11.2. The quantitative estimate of drug-likeness (QED) is 0.560. The lowest BCUT2D eigenvalue weighted by Gasteiger charge is -1.96. The lowest BCUT2D eigenvalue weighted by atomic mass is 10.2. The second kappa shape index (κ2) is 2.23. The molecule has 0 bridgehead atoms. The molecule has 0 saturated heterocycles. The first-order chi connectivity index (χ1) is 6.02. The third kappa shape index (κ3) is 0.988. The molecule has 1 heterocycles. The fourth-order valence-corrected chi connectivity index (χ4v) is 2.44. The number of anilines is 1. The van der Waals surface area contributed by atoms with Gasteiger partial charge in [0.1, 0.15) is 4.90 Å². The highest BCUT2D eigenvalue weighted by Crippen LogP contribution is 2.26. The predicted molar refractivity (Wildman–Crippen MR) is 45.5 cm³/mol. The van der Waals surface area contributed by atoms with Crippen LogP contribution in [0.25, 0.3) is 0 Å². The monoisotopic (exact) mass is 198 g/mol. The number of benzene rings is 1. The normalized spacial score (nSPS) is 18.0. The summed E-state index contributed by atoms with van der Waals surface area (Å²) < 4.78 is 24.3. The van der Waals surface area contributed by atoms with Gasteiger partial charge in [-0.05, 0) is 12.1 Å². The zero-order chi connectivity index (χ0) is 9.64. The van der Waals surface area contributed by atoms with Crippen molar-refractivity contribution in [3.8, 4) is 0 Å². The number of carbonyl (C=O) groups is 1. The van der Waals surface area contributed by atoms with Gasteiger partial charge in [-0.15, -0.1) is 0 Å². The lowest BCUT2D eigenvalue weighted by Crippen LogP contribution is -2.21. The van der Waals surface area contributed by atoms with Crippen molar-refractivity contribution in [3.63, 3.8) is 0 Å². The second-order valence-corrected chi connectivity index (χ2v) is 4.31. The smallest absolute Gasteiger partial charge is 0.268 e. The number of nitrogen functional groups attached to an aromatic ring is 1. The Morgan fingerprint density at radius 3 is 2.62 bits per heavy atom. The fraction of sp³-hybridized carbons (Fsp3) is 0. The summed E-state index contributed by atoms with van der Waals surface area (Å²) in [6, 6.07) is 4.32. The molecule has 0 radical (unpaired) electrons. The Morgan fingerprint density at radius 1 is 1.31 bits per heavy atom. The molecule has 1 aliphatic rings. The van der Waals surface area contributed by atoms with Crippen LogP contribution in [0.1, 0.15) is 10.4 Å². The first-order valence-electron chi connectivity index (χ1n) is 3.48. The molecule has 0 aliphatic carbocycles. The molecule has 1 aromatic carbocycles. The zero-order valence-electron chi connectivity index (χ0n) is 6.44. The van der Waals surface area contributed by atoms with Crippen LogP contribution in [0.5, 0.6) is 0 Å². The highest BCUT2D eigenvalue weighted by atomic mass is 32.2. The van der Waals surface area contributed by atoms with Gasteiger partial charge >= 0.3 is 0 Å². The summed E-state index contributed by atoms with van der Waals surface area (Å²) in [5.41, 5.74) is 5.68. The number of amides is 1. The first-order valence-corrected chi connectivity index (χ1v) is 4.96. The van der Waals surface area contributed by atoms with Gasteiger partial charge < -0.3 is 5.73 Å². The minimum Gasteiger partial charge on any atom is -0.398 e. The van der Waals surface area contributed by atoms with Crippen LogP contribution in [-0.4, -0.2) is 14.3 Å². The summed E-state index contributed by atoms with van der Waals surface area (Å²) in [4.78, 5) is 11.1. The number of nitrogens with one attached hydrogen (secondary N) is 1. The van der Waals surface area contributed by atoms with E-state index >= 15 is 0 Å². The van der Waals surface area contributed by atoms with E-state index in [-0.39, 0.29) is 16.1 Å². The SMILES string of the molecule is Nc1cccc2c1C(=O)NS2(=O)=O. The topological polar surface area (TPSA) is 89.3 Å². The summed E-state index contributed by atoms with van der Waals surface area (Å²) in [5.74, 6) is -0.659. The highest BCUT2D eigenvalue weighted by Gasteiger charge is 2.33. The average Bonchev–Trinajstić information content (AvgIpc) is 2.24. The van der Waals surface area contributed by atoms with E-state index in [0.29, 0.717) is 0 Å². The maximum atomic E-state index is 11.2. The molecule has 0 saturated carbocycles. The van der Waals surface area contributed by atoms with Gasteiger partial charge in [0.25, 0.3) is 15.9 Å². The number of hydrogen-bond donors (Lipinski definition) is 2. The molecule has 0 unspecified atom stereocenters. The number of rotatable bonds is 0. The number of hydrogen-bond acceptors (Lipinski definition) is 4. The zero-order valence-corrected chi connectivity index (χ0v) is 7.26. The maximum Gasteiger partial charge on any atom is 0.268 e. The molecule has 0 fully saturated rings. The van der Waals surface area contributed by atoms with Crippen LogP contribution >= 0.6 is 0 Å². The van der Waals surface area contributed by atoms with Crippen LogP contribution in [0, 0.1) is 0 Å². The van der Waals surface area contributed by atoms with E-state index in [0.717, 1.165) is 0 Å². The molecule has 0 atom stereocenters. The van der Waals surface area contributed by atoms with Crippen LogP contribution in [0.2, 0.25) is 0 Å². The summed E-state index contributed by atoms with van der Waals surface area (Å²) in [6.45, 7) is 0. The first kappa shape index (κ1) is 8.06. The highest BCUT2D eigenvalue weighted by molar-refractivity contribution is 7.90. The third-order valence-corrected chi connectivity index (χ3v) is 3.18. The fourth-order valence-electron chi connectivity index (χ4n) is 1.24. The van der Waals surface area contributed by atoms with Crippen molar-refractivity contribution in [3.05, 3.63) is 23.8 Å². The number of fused-ring (bicyclic) bond motifs is 1. The summed E-state index contributed by atoms with van der Waals surface area (Å²) in [5, 5.41) is 0. The Hall–Kier alpha value is -1.56. The summed E-state index contributed by atoms with van der Waals surface area (Å²) in [6.07, 6.45) is 0. The molecule has 1 aliphatic heterocycles. The van der Waals surface area contributed by atoms with Crippen molar-refractivity contribution >= 4 is 21.6 Å². The van der Waals surface area contributed by atoms with E-state index in [1.165, 1.54) is 18.2 Å². The number of carbonyl (C=O) groups excluding carboxylic acids is 1.